The Kier molecular flexibility index (Phi) is 7.52. The molecule has 0 spiro atoms. The van der Waals surface area contributed by atoms with E-state index in [4.69, 9.17) is 15.9 Å². The average molecular weight is 523 g/mol. The number of nitrogens with zero attached hydrogens (tertiary/aromatic N) is 2. The molecule has 0 unspecified atom stereocenters. The summed E-state index contributed by atoms with van der Waals surface area (Å²) in [4.78, 5) is 27.4. The number of ether oxygens (including phenoxy) is 1. The number of hydrogen-bond donors (Lipinski definition) is 2. The Balaban J connectivity index is 2.01. The third-order valence-corrected chi connectivity index (χ3v) is 6.46. The van der Waals surface area contributed by atoms with Crippen LogP contribution in [-0.2, 0) is 13.1 Å². The number of rotatable bonds is 8. The third-order valence-electron chi connectivity index (χ3n) is 6.46. The zero-order chi connectivity index (χ0) is 27.6. The lowest BCUT2D eigenvalue weighted by Gasteiger charge is -2.22. The summed E-state index contributed by atoms with van der Waals surface area (Å²) in [7, 11) is 1.27. The second kappa shape index (κ2) is 10.8. The van der Waals surface area contributed by atoms with E-state index in [1.54, 1.807) is 30.3 Å². The molecule has 3 N–H and O–H groups in total. The van der Waals surface area contributed by atoms with Crippen LogP contribution in [0, 0.1) is 29.8 Å². The maximum absolute atomic E-state index is 15.4. The van der Waals surface area contributed by atoms with Gasteiger partial charge in [0.2, 0.25) is 0 Å². The van der Waals surface area contributed by atoms with Crippen LogP contribution in [0.1, 0.15) is 22.7 Å². The van der Waals surface area contributed by atoms with Crippen LogP contribution in [0.4, 0.5) is 13.2 Å². The van der Waals surface area contributed by atoms with Crippen molar-refractivity contribution in [2.24, 2.45) is 5.73 Å². The van der Waals surface area contributed by atoms with E-state index in [0.717, 1.165) is 21.3 Å². The number of nitrogens with one attached hydrogen (secondary N) is 1. The van der Waals surface area contributed by atoms with Crippen molar-refractivity contribution in [1.82, 2.24) is 9.13 Å². The number of nitrogens with two attached hydrogens (primary N) is 1. The van der Waals surface area contributed by atoms with Gasteiger partial charge in [0.15, 0.2) is 11.6 Å². The molecule has 0 amide bonds. The van der Waals surface area contributed by atoms with Crippen molar-refractivity contribution in [2.45, 2.75) is 25.9 Å². The van der Waals surface area contributed by atoms with Gasteiger partial charge in [-0.15, -0.1) is 0 Å². The van der Waals surface area contributed by atoms with Crippen LogP contribution >= 0.6 is 0 Å². The molecule has 4 aromatic rings. The first-order valence-electron chi connectivity index (χ1n) is 11.6. The van der Waals surface area contributed by atoms with Gasteiger partial charge in [0.05, 0.1) is 31.0 Å². The zero-order valence-electron chi connectivity index (χ0n) is 20.7. The highest BCUT2D eigenvalue weighted by atomic mass is 19.1. The molecule has 196 valence electrons. The van der Waals surface area contributed by atoms with Gasteiger partial charge in [-0.1, -0.05) is 48.5 Å². The quantitative estimate of drug-likeness (QED) is 0.268. The summed E-state index contributed by atoms with van der Waals surface area (Å²) in [5.74, 6) is -3.90. The molecule has 0 saturated carbocycles. The minimum absolute atomic E-state index is 0.00476. The van der Waals surface area contributed by atoms with Gasteiger partial charge in [-0.2, -0.15) is 0 Å². The van der Waals surface area contributed by atoms with E-state index in [-0.39, 0.29) is 35.0 Å². The highest BCUT2D eigenvalue weighted by Crippen LogP contribution is 2.29. The fourth-order valence-corrected chi connectivity index (χ4v) is 4.41. The number of benzene rings is 3. The van der Waals surface area contributed by atoms with E-state index in [1.807, 2.05) is 0 Å². The number of aromatic nitrogens is 2. The molecule has 7 nitrogen and oxygen atoms in total. The van der Waals surface area contributed by atoms with Gasteiger partial charge in [-0.05, 0) is 30.7 Å². The van der Waals surface area contributed by atoms with Crippen molar-refractivity contribution in [3.05, 3.63) is 122 Å². The first kappa shape index (κ1) is 26.5. The second-order valence-corrected chi connectivity index (χ2v) is 8.69. The fourth-order valence-electron chi connectivity index (χ4n) is 4.41. The predicted molar refractivity (Wildman–Crippen MR) is 138 cm³/mol. The van der Waals surface area contributed by atoms with Crippen LogP contribution in [-0.4, -0.2) is 22.1 Å². The molecular weight excluding hydrogens is 497 g/mol. The van der Waals surface area contributed by atoms with E-state index < -0.39 is 46.7 Å². The monoisotopic (exact) mass is 522 g/mol. The Bertz CT molecular complexity index is 1610. The zero-order valence-corrected chi connectivity index (χ0v) is 20.7. The number of amidine groups is 1. The van der Waals surface area contributed by atoms with Crippen molar-refractivity contribution in [3.63, 3.8) is 0 Å². The van der Waals surface area contributed by atoms with Gasteiger partial charge in [0, 0.05) is 23.4 Å². The normalized spacial score (nSPS) is 11.8. The first-order valence-corrected chi connectivity index (χ1v) is 11.6. The molecule has 0 radical (unpaired) electrons. The van der Waals surface area contributed by atoms with Gasteiger partial charge in [0.1, 0.15) is 11.6 Å². The maximum atomic E-state index is 15.4. The van der Waals surface area contributed by atoms with Crippen molar-refractivity contribution >= 4 is 5.84 Å². The Hall–Kier alpha value is -4.60. The summed E-state index contributed by atoms with van der Waals surface area (Å²) >= 11 is 0. The van der Waals surface area contributed by atoms with Crippen LogP contribution in [0.5, 0.6) is 5.75 Å². The summed E-state index contributed by atoms with van der Waals surface area (Å²) in [5, 5.41) is 8.09. The van der Waals surface area contributed by atoms with E-state index in [1.165, 1.54) is 38.3 Å². The molecule has 1 heterocycles. The van der Waals surface area contributed by atoms with Crippen molar-refractivity contribution < 1.29 is 17.9 Å². The lowest BCUT2D eigenvalue weighted by molar-refractivity contribution is 0.387. The molecule has 1 aromatic heterocycles. The topological polar surface area (TPSA) is 103 Å². The number of halogens is 3. The van der Waals surface area contributed by atoms with E-state index in [2.05, 4.69) is 0 Å². The maximum Gasteiger partial charge on any atom is 0.331 e. The molecule has 0 aliphatic heterocycles. The Morgan fingerprint density at radius 2 is 1.58 bits per heavy atom. The molecule has 0 bridgehead atoms. The lowest BCUT2D eigenvalue weighted by Crippen LogP contribution is -2.44. The third kappa shape index (κ3) is 4.84. The second-order valence-electron chi connectivity index (χ2n) is 8.69. The molecule has 0 saturated heterocycles. The van der Waals surface area contributed by atoms with E-state index >= 15 is 4.39 Å². The minimum Gasteiger partial charge on any atom is -0.494 e. The van der Waals surface area contributed by atoms with Gasteiger partial charge in [-0.25, -0.2) is 18.0 Å². The Morgan fingerprint density at radius 1 is 0.947 bits per heavy atom. The van der Waals surface area contributed by atoms with Gasteiger partial charge < -0.3 is 10.5 Å². The summed E-state index contributed by atoms with van der Waals surface area (Å²) in [6.45, 7) is 0.494. The average Bonchev–Trinajstić information content (AvgIpc) is 2.89. The molecule has 0 aliphatic carbocycles. The highest BCUT2D eigenvalue weighted by molar-refractivity contribution is 5.84. The molecule has 1 atom stereocenters. The van der Waals surface area contributed by atoms with Crippen LogP contribution in [0.2, 0.25) is 0 Å². The summed E-state index contributed by atoms with van der Waals surface area (Å²) < 4.78 is 51.4. The Morgan fingerprint density at radius 3 is 2.18 bits per heavy atom. The highest BCUT2D eigenvalue weighted by Gasteiger charge is 2.26. The van der Waals surface area contributed by atoms with Gasteiger partial charge in [0.25, 0.3) is 5.56 Å². The van der Waals surface area contributed by atoms with Crippen molar-refractivity contribution in [2.75, 3.05) is 7.11 Å². The summed E-state index contributed by atoms with van der Waals surface area (Å²) in [6, 6.07) is 16.1. The number of hydrogen-bond acceptors (Lipinski definition) is 4. The van der Waals surface area contributed by atoms with Gasteiger partial charge >= 0.3 is 5.69 Å². The predicted octanol–water partition coefficient (Wildman–Crippen LogP) is 4.18. The standard InChI is InChI=1S/C28H25F3N4O3/c1-16-24(18-10-6-13-23(38-2)25(18)31)27(36)35(14-19(26(32)33)17-8-4-3-5-9-17)28(37)34(16)15-20-21(29)11-7-12-22(20)30/h3-13,19H,14-15H2,1-2H3,(H3,32,33)/t19-/m0/s1. The van der Waals surface area contributed by atoms with E-state index in [0.29, 0.717) is 5.56 Å². The molecule has 0 aliphatic rings. The van der Waals surface area contributed by atoms with E-state index in [9.17, 15) is 18.4 Å². The lowest BCUT2D eigenvalue weighted by atomic mass is 9.97. The molecule has 4 rings (SSSR count). The minimum atomic E-state index is -0.885. The van der Waals surface area contributed by atoms with Crippen LogP contribution in [0.15, 0.2) is 76.3 Å². The van der Waals surface area contributed by atoms with Gasteiger partial charge in [-0.3, -0.25) is 19.3 Å². The Labute approximate surface area is 216 Å². The smallest absolute Gasteiger partial charge is 0.331 e. The molecule has 10 heteroatoms. The molecule has 3 aromatic carbocycles. The SMILES string of the molecule is COc1cccc(-c2c(C)n(Cc3c(F)cccc3F)c(=O)n(C[C@H](C(=N)N)c3ccccc3)c2=O)c1F. The summed E-state index contributed by atoms with van der Waals surface area (Å²) in [6.07, 6.45) is 0. The molecular formula is C28H25F3N4O3. The fraction of sp³-hybridized carbons (Fsp3) is 0.179. The van der Waals surface area contributed by atoms with Crippen molar-refractivity contribution in [3.8, 4) is 16.9 Å². The summed E-state index contributed by atoms with van der Waals surface area (Å²) in [5.41, 5.74) is 3.96. The van der Waals surface area contributed by atoms with Crippen LogP contribution in [0.3, 0.4) is 0 Å². The molecule has 0 fully saturated rings. The number of methoxy groups -OCH3 is 1. The van der Waals surface area contributed by atoms with Crippen molar-refractivity contribution in [1.29, 1.82) is 5.41 Å². The van der Waals surface area contributed by atoms with Crippen LogP contribution < -0.4 is 21.7 Å². The largest absolute Gasteiger partial charge is 0.494 e. The first-order chi connectivity index (χ1) is 18.1. The molecule has 38 heavy (non-hydrogen) atoms. The van der Waals surface area contributed by atoms with Crippen LogP contribution in [0.25, 0.3) is 11.1 Å².